The number of benzene rings is 1. The van der Waals surface area contributed by atoms with E-state index in [1.807, 2.05) is 0 Å². The van der Waals surface area contributed by atoms with Gasteiger partial charge in [-0.2, -0.15) is 0 Å². The molecule has 50 heavy (non-hydrogen) atoms. The third kappa shape index (κ3) is 8.59. The zero-order valence-electron chi connectivity index (χ0n) is 29.1. The molecule has 3 aliphatic heterocycles. The van der Waals surface area contributed by atoms with Crippen LogP contribution in [0.4, 0.5) is 16.2 Å². The topological polar surface area (TPSA) is 147 Å². The number of hydrogen-bond acceptors (Lipinski definition) is 10. The summed E-state index contributed by atoms with van der Waals surface area (Å²) in [7, 11) is 4.51. The monoisotopic (exact) mass is 696 g/mol. The number of aryl methyl sites for hydroxylation is 1. The van der Waals surface area contributed by atoms with Crippen LogP contribution < -0.4 is 19.7 Å². The highest BCUT2D eigenvalue weighted by Crippen LogP contribution is 2.42. The Labute approximate surface area is 292 Å². The largest absolute Gasteiger partial charge is 0.493 e. The zero-order valence-corrected chi connectivity index (χ0v) is 29.1. The van der Waals surface area contributed by atoms with E-state index in [0.29, 0.717) is 80.4 Å². The molecule has 0 aliphatic carbocycles. The standard InChI is InChI=1S/C36H48N4O10/c1-5-17-49-36(44)40-27-22-30(47-18-11-6-7-14-31(41)37-24-20-28(35(43)46-4)38(2)23-24)29(45-3)21-25(27)33(42)39-16-10-8-13-26(39)34(40)50-32-15-9-12-19-48-32/h5,20-23,26,32,34H,1,6-19H2,2-4H3,(H,37,41)/t26-,32?,34-/m0/s1. The van der Waals surface area contributed by atoms with Crippen LogP contribution in [-0.4, -0.2) is 92.5 Å². The second kappa shape index (κ2) is 17.4. The lowest BCUT2D eigenvalue weighted by molar-refractivity contribution is -0.198. The predicted molar refractivity (Wildman–Crippen MR) is 184 cm³/mol. The number of carbonyl (C=O) groups is 4. The van der Waals surface area contributed by atoms with Crippen LogP contribution >= 0.6 is 0 Å². The Morgan fingerprint density at radius 2 is 1.86 bits per heavy atom. The molecular formula is C36H48N4O10. The van der Waals surface area contributed by atoms with Crippen molar-refractivity contribution in [3.8, 4) is 11.5 Å². The minimum atomic E-state index is -0.851. The molecule has 5 rings (SSSR count). The molecule has 272 valence electrons. The molecule has 14 nitrogen and oxygen atoms in total. The van der Waals surface area contributed by atoms with E-state index in [0.717, 1.165) is 25.7 Å². The molecule has 1 unspecified atom stereocenters. The molecule has 1 aromatic heterocycles. The lowest BCUT2D eigenvalue weighted by atomic mass is 10.00. The first-order valence-electron chi connectivity index (χ1n) is 17.3. The van der Waals surface area contributed by atoms with Crippen LogP contribution in [0.25, 0.3) is 0 Å². The van der Waals surface area contributed by atoms with Crippen molar-refractivity contribution < 1.29 is 47.6 Å². The summed E-state index contributed by atoms with van der Waals surface area (Å²) in [4.78, 5) is 55.5. The van der Waals surface area contributed by atoms with Gasteiger partial charge < -0.3 is 43.2 Å². The molecule has 0 saturated carbocycles. The van der Waals surface area contributed by atoms with Crippen molar-refractivity contribution in [2.24, 2.45) is 7.05 Å². The molecule has 14 heteroatoms. The summed E-state index contributed by atoms with van der Waals surface area (Å²) in [5, 5.41) is 2.81. The van der Waals surface area contributed by atoms with Crippen LogP contribution in [0.1, 0.15) is 85.1 Å². The number of amides is 3. The molecule has 0 radical (unpaired) electrons. The van der Waals surface area contributed by atoms with E-state index in [4.69, 9.17) is 28.4 Å². The van der Waals surface area contributed by atoms with Gasteiger partial charge in [0.2, 0.25) is 5.91 Å². The van der Waals surface area contributed by atoms with Gasteiger partial charge in [-0.1, -0.05) is 12.7 Å². The van der Waals surface area contributed by atoms with E-state index in [-0.39, 0.29) is 30.4 Å². The Hall–Kier alpha value is -4.56. The number of esters is 1. The molecular weight excluding hydrogens is 648 g/mol. The molecule has 0 bridgehead atoms. The maximum atomic E-state index is 14.1. The van der Waals surface area contributed by atoms with Crippen molar-refractivity contribution in [2.75, 3.05) is 50.8 Å². The fourth-order valence-corrected chi connectivity index (χ4v) is 6.60. The average molecular weight is 697 g/mol. The minimum Gasteiger partial charge on any atom is -0.493 e. The lowest BCUT2D eigenvalue weighted by Crippen LogP contribution is -2.57. The number of nitrogens with zero attached hydrogens (tertiary/aromatic N) is 3. The molecule has 4 heterocycles. The number of rotatable bonds is 14. The molecule has 3 amide bonds. The second-order valence-electron chi connectivity index (χ2n) is 12.6. The van der Waals surface area contributed by atoms with Gasteiger partial charge in [0.05, 0.1) is 43.8 Å². The first kappa shape index (κ1) is 36.7. The Kier molecular flexibility index (Phi) is 12.8. The zero-order chi connectivity index (χ0) is 35.6. The Balaban J connectivity index is 1.29. The Morgan fingerprint density at radius 3 is 2.60 bits per heavy atom. The SMILES string of the molecule is C=CCOC(=O)N1c2cc(OCCCCCC(=O)Nc3cc(C(=O)OC)n(C)c3)c(OC)cc2C(=O)N2CCCC[C@H]2[C@@H]1OC1CCCCO1. The average Bonchev–Trinajstić information content (AvgIpc) is 3.46. The summed E-state index contributed by atoms with van der Waals surface area (Å²) in [6, 6.07) is 4.43. The summed E-state index contributed by atoms with van der Waals surface area (Å²) >= 11 is 0. The van der Waals surface area contributed by atoms with Crippen molar-refractivity contribution in [1.82, 2.24) is 9.47 Å². The first-order valence-corrected chi connectivity index (χ1v) is 17.3. The van der Waals surface area contributed by atoms with Crippen LogP contribution in [-0.2, 0) is 30.8 Å². The van der Waals surface area contributed by atoms with E-state index < -0.39 is 30.6 Å². The molecule has 2 fully saturated rings. The minimum absolute atomic E-state index is 0.0168. The number of ether oxygens (including phenoxy) is 6. The third-order valence-corrected chi connectivity index (χ3v) is 9.11. The predicted octanol–water partition coefficient (Wildman–Crippen LogP) is 5.40. The molecule has 2 saturated heterocycles. The summed E-state index contributed by atoms with van der Waals surface area (Å²) in [6.45, 7) is 5.06. The molecule has 1 N–H and O–H groups in total. The molecule has 3 atom stereocenters. The summed E-state index contributed by atoms with van der Waals surface area (Å²) < 4.78 is 36.3. The number of methoxy groups -OCH3 is 2. The maximum absolute atomic E-state index is 14.1. The number of unbranched alkanes of at least 4 members (excludes halogenated alkanes) is 2. The van der Waals surface area contributed by atoms with E-state index in [1.54, 1.807) is 40.9 Å². The molecule has 0 spiro atoms. The van der Waals surface area contributed by atoms with Gasteiger partial charge in [0, 0.05) is 38.9 Å². The highest BCUT2D eigenvalue weighted by atomic mass is 16.7. The number of anilines is 2. The summed E-state index contributed by atoms with van der Waals surface area (Å²) in [6.07, 6.45) is 8.28. The van der Waals surface area contributed by atoms with E-state index in [2.05, 4.69) is 11.9 Å². The smallest absolute Gasteiger partial charge is 0.416 e. The normalized spacial score (nSPS) is 20.2. The van der Waals surface area contributed by atoms with Gasteiger partial charge in [-0.3, -0.25) is 9.59 Å². The van der Waals surface area contributed by atoms with Crippen LogP contribution in [0, 0.1) is 0 Å². The van der Waals surface area contributed by atoms with Crippen molar-refractivity contribution in [3.05, 3.63) is 48.3 Å². The number of fused-ring (bicyclic) bond motifs is 2. The number of aromatic nitrogens is 1. The first-order chi connectivity index (χ1) is 24.2. The van der Waals surface area contributed by atoms with Crippen molar-refractivity contribution in [2.45, 2.75) is 82.8 Å². The second-order valence-corrected chi connectivity index (χ2v) is 12.6. The molecule has 3 aliphatic rings. The number of nitrogens with one attached hydrogen (secondary N) is 1. The Morgan fingerprint density at radius 1 is 1.04 bits per heavy atom. The molecule has 2 aromatic rings. The van der Waals surface area contributed by atoms with Crippen molar-refractivity contribution >= 4 is 35.3 Å². The van der Waals surface area contributed by atoms with Crippen molar-refractivity contribution in [3.63, 3.8) is 0 Å². The van der Waals surface area contributed by atoms with Crippen LogP contribution in [0.3, 0.4) is 0 Å². The lowest BCUT2D eigenvalue weighted by Gasteiger charge is -2.42. The van der Waals surface area contributed by atoms with Crippen molar-refractivity contribution in [1.29, 1.82) is 0 Å². The van der Waals surface area contributed by atoms with E-state index in [1.165, 1.54) is 25.2 Å². The quantitative estimate of drug-likeness (QED) is 0.155. The van der Waals surface area contributed by atoms with E-state index in [9.17, 15) is 19.2 Å². The Bertz CT molecular complexity index is 1530. The van der Waals surface area contributed by atoms with Gasteiger partial charge in [-0.25, -0.2) is 14.5 Å². The fourth-order valence-electron chi connectivity index (χ4n) is 6.60. The number of carbonyl (C=O) groups excluding carboxylic acids is 4. The van der Waals surface area contributed by atoms with Gasteiger partial charge in [0.25, 0.3) is 5.91 Å². The highest BCUT2D eigenvalue weighted by Gasteiger charge is 2.46. The highest BCUT2D eigenvalue weighted by molar-refractivity contribution is 6.06. The van der Waals surface area contributed by atoms with E-state index >= 15 is 0 Å². The maximum Gasteiger partial charge on any atom is 0.416 e. The summed E-state index contributed by atoms with van der Waals surface area (Å²) in [5.41, 5.74) is 1.46. The van der Waals surface area contributed by atoms with Gasteiger partial charge in [0.15, 0.2) is 24.0 Å². The van der Waals surface area contributed by atoms with Gasteiger partial charge in [-0.15, -0.1) is 0 Å². The van der Waals surface area contributed by atoms with Gasteiger partial charge >= 0.3 is 12.1 Å². The molecule has 1 aromatic carbocycles. The van der Waals surface area contributed by atoms with Crippen LogP contribution in [0.2, 0.25) is 0 Å². The number of piperidine rings is 1. The third-order valence-electron chi connectivity index (χ3n) is 9.11. The number of hydrogen-bond donors (Lipinski definition) is 1. The fraction of sp³-hybridized carbons (Fsp3) is 0.556. The van der Waals surface area contributed by atoms with Crippen LogP contribution in [0.5, 0.6) is 11.5 Å². The van der Waals surface area contributed by atoms with Gasteiger partial charge in [0.1, 0.15) is 12.3 Å². The van der Waals surface area contributed by atoms with Gasteiger partial charge in [-0.05, 0) is 69.9 Å². The van der Waals surface area contributed by atoms with Crippen LogP contribution in [0.15, 0.2) is 37.1 Å². The summed E-state index contributed by atoms with van der Waals surface area (Å²) in [5.74, 6) is -0.156.